The van der Waals surface area contributed by atoms with Crippen molar-refractivity contribution < 1.29 is 0 Å². The molecule has 0 amide bonds. The highest BCUT2D eigenvalue weighted by Gasteiger charge is 2.16. The molecule has 1 aliphatic heterocycles. The Hall–Kier alpha value is -0.860. The Morgan fingerprint density at radius 3 is 2.67 bits per heavy atom. The van der Waals surface area contributed by atoms with Gasteiger partial charge in [-0.15, -0.1) is 0 Å². The second kappa shape index (κ2) is 4.33. The maximum atomic E-state index is 2.50. The molecule has 0 radical (unpaired) electrons. The van der Waals surface area contributed by atoms with Crippen LogP contribution in [-0.4, -0.2) is 36.6 Å². The minimum absolute atomic E-state index is 1.10. The zero-order valence-corrected chi connectivity index (χ0v) is 9.95. The normalized spacial score (nSPS) is 18.6. The molecule has 0 aromatic heterocycles. The Balaban J connectivity index is 2.07. The van der Waals surface area contributed by atoms with E-state index in [0.29, 0.717) is 0 Å². The summed E-state index contributed by atoms with van der Waals surface area (Å²) in [5.41, 5.74) is 4.33. The van der Waals surface area contributed by atoms with Crippen LogP contribution in [0.25, 0.3) is 0 Å². The fourth-order valence-corrected chi connectivity index (χ4v) is 2.15. The Morgan fingerprint density at radius 2 is 2.00 bits per heavy atom. The topological polar surface area (TPSA) is 6.48 Å². The maximum absolute atomic E-state index is 2.50. The molecule has 2 nitrogen and oxygen atoms in total. The van der Waals surface area contributed by atoms with Crippen molar-refractivity contribution in [3.05, 3.63) is 34.9 Å². The fourth-order valence-electron chi connectivity index (χ4n) is 2.15. The van der Waals surface area contributed by atoms with Gasteiger partial charge in [0.15, 0.2) is 0 Å². The van der Waals surface area contributed by atoms with Crippen LogP contribution in [0.15, 0.2) is 18.2 Å². The zero-order chi connectivity index (χ0) is 10.8. The first-order valence-corrected chi connectivity index (χ1v) is 5.63. The minimum Gasteiger partial charge on any atom is -0.292 e. The number of hydrogen-bond donors (Lipinski definition) is 0. The molecule has 15 heavy (non-hydrogen) atoms. The smallest absolute Gasteiger partial charge is 0.0507 e. The molecule has 1 fully saturated rings. The van der Waals surface area contributed by atoms with Crippen molar-refractivity contribution in [3.8, 4) is 0 Å². The Labute approximate surface area is 92.5 Å². The molecule has 0 spiro atoms. The van der Waals surface area contributed by atoms with Gasteiger partial charge in [0.25, 0.3) is 0 Å². The van der Waals surface area contributed by atoms with Crippen molar-refractivity contribution in [1.82, 2.24) is 9.80 Å². The highest BCUT2D eigenvalue weighted by Crippen LogP contribution is 2.16. The summed E-state index contributed by atoms with van der Waals surface area (Å²) in [5.74, 6) is 0. The van der Waals surface area contributed by atoms with E-state index >= 15 is 0 Å². The second-order valence-corrected chi connectivity index (χ2v) is 4.63. The molecule has 0 unspecified atom stereocenters. The number of nitrogens with zero attached hydrogens (tertiary/aromatic N) is 2. The number of aryl methyl sites for hydroxylation is 1. The van der Waals surface area contributed by atoms with Crippen LogP contribution < -0.4 is 0 Å². The Morgan fingerprint density at radius 1 is 1.20 bits per heavy atom. The summed E-state index contributed by atoms with van der Waals surface area (Å²) in [5, 5.41) is 0. The summed E-state index contributed by atoms with van der Waals surface area (Å²) < 4.78 is 0. The average Bonchev–Trinajstić information content (AvgIpc) is 2.59. The number of hydrogen-bond acceptors (Lipinski definition) is 2. The van der Waals surface area contributed by atoms with E-state index in [1.54, 1.807) is 0 Å². The quantitative estimate of drug-likeness (QED) is 0.727. The van der Waals surface area contributed by atoms with Crippen molar-refractivity contribution >= 4 is 0 Å². The fraction of sp³-hybridized carbons (Fsp3) is 0.538. The molecule has 0 N–H and O–H groups in total. The lowest BCUT2D eigenvalue weighted by atomic mass is 10.0. The lowest BCUT2D eigenvalue weighted by molar-refractivity contribution is 0.268. The molecule has 82 valence electrons. The highest BCUT2D eigenvalue weighted by atomic mass is 15.4. The van der Waals surface area contributed by atoms with Gasteiger partial charge in [0, 0.05) is 19.6 Å². The summed E-state index contributed by atoms with van der Waals surface area (Å²) in [6, 6.07) is 6.60. The van der Waals surface area contributed by atoms with E-state index in [0.717, 1.165) is 13.2 Å². The van der Waals surface area contributed by atoms with Crippen LogP contribution in [0.5, 0.6) is 0 Å². The van der Waals surface area contributed by atoms with Gasteiger partial charge in [0.2, 0.25) is 0 Å². The monoisotopic (exact) mass is 204 g/mol. The molecule has 2 heteroatoms. The second-order valence-electron chi connectivity index (χ2n) is 4.63. The predicted molar refractivity (Wildman–Crippen MR) is 63.8 cm³/mol. The van der Waals surface area contributed by atoms with E-state index < -0.39 is 0 Å². The van der Waals surface area contributed by atoms with Crippen LogP contribution in [0.4, 0.5) is 0 Å². The standard InChI is InChI=1S/C13H20N2/c1-11-5-4-6-13(12(11)2)9-15-8-7-14(3)10-15/h4-6H,7-10H2,1-3H3. The van der Waals surface area contributed by atoms with Crippen molar-refractivity contribution in [2.24, 2.45) is 0 Å². The molecular formula is C13H20N2. The van der Waals surface area contributed by atoms with E-state index in [1.807, 2.05) is 0 Å². The van der Waals surface area contributed by atoms with E-state index in [4.69, 9.17) is 0 Å². The van der Waals surface area contributed by atoms with Crippen molar-refractivity contribution in [3.63, 3.8) is 0 Å². The van der Waals surface area contributed by atoms with Crippen molar-refractivity contribution in [2.45, 2.75) is 20.4 Å². The molecule has 1 aliphatic rings. The molecular weight excluding hydrogens is 184 g/mol. The Kier molecular flexibility index (Phi) is 3.08. The van der Waals surface area contributed by atoms with Crippen LogP contribution >= 0.6 is 0 Å². The van der Waals surface area contributed by atoms with Gasteiger partial charge in [-0.05, 0) is 37.6 Å². The van der Waals surface area contributed by atoms with E-state index in [-0.39, 0.29) is 0 Å². The van der Waals surface area contributed by atoms with E-state index in [9.17, 15) is 0 Å². The van der Waals surface area contributed by atoms with Crippen LogP contribution in [0.2, 0.25) is 0 Å². The molecule has 1 aromatic carbocycles. The average molecular weight is 204 g/mol. The maximum Gasteiger partial charge on any atom is 0.0507 e. The molecule has 1 aromatic rings. The van der Waals surface area contributed by atoms with Crippen LogP contribution in [0.3, 0.4) is 0 Å². The first-order chi connectivity index (χ1) is 7.16. The third-order valence-electron chi connectivity index (χ3n) is 3.35. The molecule has 0 saturated carbocycles. The summed E-state index contributed by atoms with van der Waals surface area (Å²) in [6.07, 6.45) is 0. The van der Waals surface area contributed by atoms with Gasteiger partial charge in [-0.1, -0.05) is 18.2 Å². The largest absolute Gasteiger partial charge is 0.292 e. The zero-order valence-electron chi connectivity index (χ0n) is 9.95. The minimum atomic E-state index is 1.10. The first-order valence-electron chi connectivity index (χ1n) is 5.63. The predicted octanol–water partition coefficient (Wildman–Crippen LogP) is 2.01. The molecule has 2 rings (SSSR count). The van der Waals surface area contributed by atoms with Gasteiger partial charge in [-0.2, -0.15) is 0 Å². The van der Waals surface area contributed by atoms with Gasteiger partial charge in [0.1, 0.15) is 0 Å². The molecule has 0 bridgehead atoms. The van der Waals surface area contributed by atoms with Gasteiger partial charge in [0.05, 0.1) is 6.67 Å². The first kappa shape index (κ1) is 10.7. The third kappa shape index (κ3) is 2.39. The van der Waals surface area contributed by atoms with Crippen LogP contribution in [0, 0.1) is 13.8 Å². The lowest BCUT2D eigenvalue weighted by Gasteiger charge is -2.17. The summed E-state index contributed by atoms with van der Waals surface area (Å²) in [6.45, 7) is 9.01. The van der Waals surface area contributed by atoms with E-state index in [2.05, 4.69) is 48.9 Å². The van der Waals surface area contributed by atoms with Crippen molar-refractivity contribution in [2.75, 3.05) is 26.8 Å². The number of rotatable bonds is 2. The van der Waals surface area contributed by atoms with Crippen LogP contribution in [0.1, 0.15) is 16.7 Å². The summed E-state index contributed by atoms with van der Waals surface area (Å²) in [4.78, 5) is 4.87. The van der Waals surface area contributed by atoms with E-state index in [1.165, 1.54) is 29.8 Å². The summed E-state index contributed by atoms with van der Waals surface area (Å²) >= 11 is 0. The van der Waals surface area contributed by atoms with Gasteiger partial charge in [-0.3, -0.25) is 9.80 Å². The van der Waals surface area contributed by atoms with Gasteiger partial charge < -0.3 is 0 Å². The third-order valence-corrected chi connectivity index (χ3v) is 3.35. The van der Waals surface area contributed by atoms with Gasteiger partial charge in [-0.25, -0.2) is 0 Å². The molecule has 1 saturated heterocycles. The summed E-state index contributed by atoms with van der Waals surface area (Å²) in [7, 11) is 2.18. The molecule has 1 heterocycles. The van der Waals surface area contributed by atoms with Crippen molar-refractivity contribution in [1.29, 1.82) is 0 Å². The molecule has 0 aliphatic carbocycles. The van der Waals surface area contributed by atoms with Crippen LogP contribution in [-0.2, 0) is 6.54 Å². The molecule has 0 atom stereocenters. The number of benzene rings is 1. The number of likely N-dealkylation sites (N-methyl/N-ethyl adjacent to an activating group) is 1. The van der Waals surface area contributed by atoms with Gasteiger partial charge >= 0.3 is 0 Å². The Bertz CT molecular complexity index is 346. The highest BCUT2D eigenvalue weighted by molar-refractivity contribution is 5.33. The SMILES string of the molecule is Cc1cccc(CN2CCN(C)C2)c1C. The lowest BCUT2D eigenvalue weighted by Crippen LogP contribution is -2.23.